The third-order valence-electron chi connectivity index (χ3n) is 6.64. The number of aryl methyl sites for hydroxylation is 1. The van der Waals surface area contributed by atoms with E-state index in [2.05, 4.69) is 29.5 Å². The van der Waals surface area contributed by atoms with E-state index in [0.717, 1.165) is 45.7 Å². The van der Waals surface area contributed by atoms with Crippen molar-refractivity contribution in [3.63, 3.8) is 0 Å². The molecule has 7 nitrogen and oxygen atoms in total. The van der Waals surface area contributed by atoms with Crippen LogP contribution in [0.4, 0.5) is 5.69 Å². The van der Waals surface area contributed by atoms with Gasteiger partial charge < -0.3 is 24.9 Å². The van der Waals surface area contributed by atoms with E-state index in [0.29, 0.717) is 31.5 Å². The SMILES string of the molecule is CC[C@H](C)[C@@H](COc1ccc(-c2cc3ccccc3o2)c(C)n1)Nc1ccc(CNCCC(=O)O)cc1. The summed E-state index contributed by atoms with van der Waals surface area (Å²) in [6.07, 6.45) is 1.14. The number of rotatable bonds is 13. The molecule has 4 rings (SSSR count). The molecule has 2 aromatic heterocycles. The van der Waals surface area contributed by atoms with Gasteiger partial charge in [-0.25, -0.2) is 4.98 Å². The third kappa shape index (κ3) is 7.11. The number of ether oxygens (including phenoxy) is 1. The molecular weight excluding hydrogens is 466 g/mol. The number of anilines is 1. The van der Waals surface area contributed by atoms with E-state index in [1.807, 2.05) is 73.7 Å². The van der Waals surface area contributed by atoms with Crippen LogP contribution in [0, 0.1) is 12.8 Å². The lowest BCUT2D eigenvalue weighted by atomic mass is 9.99. The van der Waals surface area contributed by atoms with Crippen molar-refractivity contribution in [1.29, 1.82) is 0 Å². The molecule has 0 aliphatic heterocycles. The van der Waals surface area contributed by atoms with Crippen LogP contribution in [0.25, 0.3) is 22.3 Å². The highest BCUT2D eigenvalue weighted by molar-refractivity contribution is 5.83. The topological polar surface area (TPSA) is 96.6 Å². The predicted octanol–water partition coefficient (Wildman–Crippen LogP) is 6.27. The monoisotopic (exact) mass is 501 g/mol. The van der Waals surface area contributed by atoms with Gasteiger partial charge in [-0.05, 0) is 48.7 Å². The molecule has 0 unspecified atom stereocenters. The van der Waals surface area contributed by atoms with Gasteiger partial charge in [0.05, 0.1) is 18.2 Å². The number of carbonyl (C=O) groups is 1. The number of para-hydroxylation sites is 1. The first kappa shape index (κ1) is 26.2. The number of carboxylic acids is 1. The van der Waals surface area contributed by atoms with Crippen LogP contribution >= 0.6 is 0 Å². The highest BCUT2D eigenvalue weighted by Gasteiger charge is 2.18. The van der Waals surface area contributed by atoms with Gasteiger partial charge in [0, 0.05) is 35.8 Å². The van der Waals surface area contributed by atoms with Crippen LogP contribution in [-0.2, 0) is 11.3 Å². The molecule has 3 N–H and O–H groups in total. The van der Waals surface area contributed by atoms with Crippen LogP contribution in [0.5, 0.6) is 5.88 Å². The molecule has 37 heavy (non-hydrogen) atoms. The smallest absolute Gasteiger partial charge is 0.304 e. The van der Waals surface area contributed by atoms with Crippen molar-refractivity contribution in [2.75, 3.05) is 18.5 Å². The van der Waals surface area contributed by atoms with E-state index in [1.54, 1.807) is 0 Å². The summed E-state index contributed by atoms with van der Waals surface area (Å²) in [5, 5.41) is 16.6. The molecular formula is C30H35N3O4. The molecule has 194 valence electrons. The number of hydrogen-bond acceptors (Lipinski definition) is 6. The number of fused-ring (bicyclic) bond motifs is 1. The number of benzene rings is 2. The lowest BCUT2D eigenvalue weighted by molar-refractivity contribution is -0.136. The second-order valence-corrected chi connectivity index (χ2v) is 9.40. The fraction of sp³-hybridized carbons (Fsp3) is 0.333. The van der Waals surface area contributed by atoms with E-state index in [4.69, 9.17) is 14.3 Å². The molecule has 2 aromatic carbocycles. The van der Waals surface area contributed by atoms with Gasteiger partial charge in [0.1, 0.15) is 18.0 Å². The number of nitrogens with one attached hydrogen (secondary N) is 2. The molecule has 0 radical (unpaired) electrons. The van der Waals surface area contributed by atoms with Crippen LogP contribution in [0.2, 0.25) is 0 Å². The number of hydrogen-bond donors (Lipinski definition) is 3. The molecule has 2 atom stereocenters. The summed E-state index contributed by atoms with van der Waals surface area (Å²) >= 11 is 0. The van der Waals surface area contributed by atoms with Crippen LogP contribution in [0.15, 0.2) is 71.1 Å². The van der Waals surface area contributed by atoms with Crippen LogP contribution in [0.3, 0.4) is 0 Å². The molecule has 0 aliphatic rings. The zero-order valence-corrected chi connectivity index (χ0v) is 21.7. The van der Waals surface area contributed by atoms with Gasteiger partial charge in [-0.2, -0.15) is 0 Å². The van der Waals surface area contributed by atoms with E-state index in [-0.39, 0.29) is 12.5 Å². The standard InChI is InChI=1S/C30H35N3O4/c1-4-20(2)26(33-24-11-9-22(10-12-24)18-31-16-15-30(34)35)19-36-29-14-13-25(21(3)32-29)28-17-23-7-5-6-8-27(23)37-28/h5-14,17,20,26,31,33H,4,15-16,18-19H2,1-3H3,(H,34,35)/t20-,26+/m0/s1. The van der Waals surface area contributed by atoms with Crippen molar-refractivity contribution in [2.45, 2.75) is 46.2 Å². The fourth-order valence-electron chi connectivity index (χ4n) is 4.16. The summed E-state index contributed by atoms with van der Waals surface area (Å²) in [5.41, 5.74) is 4.81. The Hall–Kier alpha value is -3.84. The van der Waals surface area contributed by atoms with Crippen LogP contribution in [0.1, 0.15) is 37.9 Å². The van der Waals surface area contributed by atoms with Crippen LogP contribution in [-0.4, -0.2) is 35.3 Å². The number of carboxylic acid groups (broad SMARTS) is 1. The largest absolute Gasteiger partial charge is 0.481 e. The van der Waals surface area contributed by atoms with Crippen molar-refractivity contribution >= 4 is 22.6 Å². The Morgan fingerprint density at radius 1 is 1.11 bits per heavy atom. The molecule has 0 spiro atoms. The Morgan fingerprint density at radius 2 is 1.89 bits per heavy atom. The Labute approximate surface area is 217 Å². The quantitative estimate of drug-likeness (QED) is 0.186. The third-order valence-corrected chi connectivity index (χ3v) is 6.64. The van der Waals surface area contributed by atoms with Crippen molar-refractivity contribution in [3.8, 4) is 17.2 Å². The highest BCUT2D eigenvalue weighted by atomic mass is 16.5. The van der Waals surface area contributed by atoms with Gasteiger partial charge in [-0.3, -0.25) is 4.79 Å². The number of aromatic nitrogens is 1. The van der Waals surface area contributed by atoms with E-state index in [9.17, 15) is 4.79 Å². The Bertz CT molecular complexity index is 1280. The minimum Gasteiger partial charge on any atom is -0.481 e. The van der Waals surface area contributed by atoms with Crippen molar-refractivity contribution < 1.29 is 19.1 Å². The highest BCUT2D eigenvalue weighted by Crippen LogP contribution is 2.30. The molecule has 0 aliphatic carbocycles. The van der Waals surface area contributed by atoms with Gasteiger partial charge in [0.15, 0.2) is 0 Å². The zero-order chi connectivity index (χ0) is 26.2. The first-order chi connectivity index (χ1) is 17.9. The minimum atomic E-state index is -0.794. The predicted molar refractivity (Wildman–Crippen MR) is 147 cm³/mol. The number of aliphatic carboxylic acids is 1. The van der Waals surface area contributed by atoms with Crippen molar-refractivity contribution in [2.24, 2.45) is 5.92 Å². The fourth-order valence-corrected chi connectivity index (χ4v) is 4.16. The summed E-state index contributed by atoms with van der Waals surface area (Å²) in [4.78, 5) is 15.3. The van der Waals surface area contributed by atoms with E-state index in [1.165, 1.54) is 0 Å². The van der Waals surface area contributed by atoms with E-state index < -0.39 is 5.97 Å². The first-order valence-corrected chi connectivity index (χ1v) is 12.8. The lowest BCUT2D eigenvalue weighted by Crippen LogP contribution is -2.33. The maximum atomic E-state index is 10.6. The maximum Gasteiger partial charge on any atom is 0.304 e. The summed E-state index contributed by atoms with van der Waals surface area (Å²) in [5.74, 6) is 0.999. The molecule has 0 saturated carbocycles. The lowest BCUT2D eigenvalue weighted by Gasteiger charge is -2.25. The van der Waals surface area contributed by atoms with Gasteiger partial charge in [0.25, 0.3) is 0 Å². The normalized spacial score (nSPS) is 12.8. The van der Waals surface area contributed by atoms with Gasteiger partial charge in [0.2, 0.25) is 5.88 Å². The average Bonchev–Trinajstić information content (AvgIpc) is 3.33. The molecule has 0 saturated heterocycles. The summed E-state index contributed by atoms with van der Waals surface area (Å²) < 4.78 is 12.2. The number of furan rings is 1. The Kier molecular flexibility index (Phi) is 8.80. The number of pyridine rings is 1. The molecule has 4 aromatic rings. The Morgan fingerprint density at radius 3 is 2.59 bits per heavy atom. The second kappa shape index (κ2) is 12.4. The Balaban J connectivity index is 1.36. The van der Waals surface area contributed by atoms with Crippen molar-refractivity contribution in [1.82, 2.24) is 10.3 Å². The first-order valence-electron chi connectivity index (χ1n) is 12.8. The molecule has 0 amide bonds. The van der Waals surface area contributed by atoms with Crippen molar-refractivity contribution in [3.05, 3.63) is 78.0 Å². The second-order valence-electron chi connectivity index (χ2n) is 9.40. The van der Waals surface area contributed by atoms with Gasteiger partial charge in [-0.1, -0.05) is 50.6 Å². The number of nitrogens with zero attached hydrogens (tertiary/aromatic N) is 1. The molecule has 0 fully saturated rings. The molecule has 2 heterocycles. The molecule has 0 bridgehead atoms. The summed E-state index contributed by atoms with van der Waals surface area (Å²) in [6.45, 7) is 7.94. The van der Waals surface area contributed by atoms with Gasteiger partial charge in [-0.15, -0.1) is 0 Å². The maximum absolute atomic E-state index is 10.6. The average molecular weight is 502 g/mol. The molecule has 7 heteroatoms. The van der Waals surface area contributed by atoms with E-state index >= 15 is 0 Å². The summed E-state index contributed by atoms with van der Waals surface area (Å²) in [6, 6.07) is 22.2. The van der Waals surface area contributed by atoms with Gasteiger partial charge >= 0.3 is 5.97 Å². The summed E-state index contributed by atoms with van der Waals surface area (Å²) in [7, 11) is 0. The zero-order valence-electron chi connectivity index (χ0n) is 21.7. The minimum absolute atomic E-state index is 0.113. The van der Waals surface area contributed by atoms with Crippen LogP contribution < -0.4 is 15.4 Å².